The second-order valence-electron chi connectivity index (χ2n) is 4.20. The van der Waals surface area contributed by atoms with Crippen LogP contribution in [0.15, 0.2) is 11.4 Å². The number of rotatable bonds is 10. The molecule has 0 aliphatic heterocycles. The predicted octanol–water partition coefficient (Wildman–Crippen LogP) is 1.93. The highest BCUT2D eigenvalue weighted by Crippen LogP contribution is 2.18. The molecule has 108 valence electrons. The van der Waals surface area contributed by atoms with Crippen molar-refractivity contribution in [2.75, 3.05) is 40.5 Å². The van der Waals surface area contributed by atoms with Gasteiger partial charge in [-0.25, -0.2) is 4.79 Å². The van der Waals surface area contributed by atoms with Gasteiger partial charge in [-0.1, -0.05) is 0 Å². The molecule has 0 saturated heterocycles. The van der Waals surface area contributed by atoms with Crippen LogP contribution in [-0.2, 0) is 16.0 Å². The van der Waals surface area contributed by atoms with Crippen LogP contribution in [0.5, 0.6) is 0 Å². The fourth-order valence-electron chi connectivity index (χ4n) is 1.81. The molecule has 0 unspecified atom stereocenters. The number of aromatic carboxylic acids is 1. The van der Waals surface area contributed by atoms with Crippen LogP contribution in [0.3, 0.4) is 0 Å². The molecule has 0 radical (unpaired) electrons. The first-order chi connectivity index (χ1) is 9.19. The Morgan fingerprint density at radius 3 is 2.68 bits per heavy atom. The molecule has 0 bridgehead atoms. The third-order valence-corrected chi connectivity index (χ3v) is 3.71. The Bertz CT molecular complexity index is 380. The number of thiophene rings is 1. The maximum atomic E-state index is 11.1. The van der Waals surface area contributed by atoms with Gasteiger partial charge in [-0.3, -0.25) is 4.90 Å². The van der Waals surface area contributed by atoms with Gasteiger partial charge in [-0.2, -0.15) is 0 Å². The largest absolute Gasteiger partial charge is 0.477 e. The molecule has 0 spiro atoms. The summed E-state index contributed by atoms with van der Waals surface area (Å²) in [5.74, 6) is -0.853. The van der Waals surface area contributed by atoms with Crippen molar-refractivity contribution in [2.45, 2.75) is 13.0 Å². The number of carbonyl (C=O) groups is 1. The molecular weight excluding hydrogens is 266 g/mol. The fraction of sp³-hybridized carbons (Fsp3) is 0.615. The van der Waals surface area contributed by atoms with Gasteiger partial charge in [-0.15, -0.1) is 11.3 Å². The summed E-state index contributed by atoms with van der Waals surface area (Å²) in [5.41, 5.74) is 0.867. The molecule has 0 atom stereocenters. The van der Waals surface area contributed by atoms with Gasteiger partial charge in [0.25, 0.3) is 0 Å². The van der Waals surface area contributed by atoms with E-state index in [4.69, 9.17) is 14.6 Å². The Kier molecular flexibility index (Phi) is 7.66. The normalized spacial score (nSPS) is 11.1. The molecule has 6 heteroatoms. The number of carboxylic acids is 1. The van der Waals surface area contributed by atoms with Gasteiger partial charge in [0.15, 0.2) is 0 Å². The smallest absolute Gasteiger partial charge is 0.346 e. The first kappa shape index (κ1) is 16.1. The van der Waals surface area contributed by atoms with Crippen molar-refractivity contribution >= 4 is 17.3 Å². The molecule has 5 nitrogen and oxygen atoms in total. The number of ether oxygens (including phenoxy) is 2. The Morgan fingerprint density at radius 2 is 2.05 bits per heavy atom. The van der Waals surface area contributed by atoms with Crippen molar-refractivity contribution in [3.05, 3.63) is 21.9 Å². The molecule has 0 aromatic carbocycles. The predicted molar refractivity (Wildman–Crippen MR) is 74.9 cm³/mol. The van der Waals surface area contributed by atoms with E-state index in [-0.39, 0.29) is 0 Å². The minimum absolute atomic E-state index is 0.425. The Labute approximate surface area is 117 Å². The minimum Gasteiger partial charge on any atom is -0.477 e. The number of hydrogen-bond acceptors (Lipinski definition) is 5. The summed E-state index contributed by atoms with van der Waals surface area (Å²) in [4.78, 5) is 13.7. The van der Waals surface area contributed by atoms with Crippen LogP contribution in [-0.4, -0.2) is 56.5 Å². The summed E-state index contributed by atoms with van der Waals surface area (Å²) in [6.07, 6.45) is 0.923. The first-order valence-electron chi connectivity index (χ1n) is 6.19. The molecule has 0 saturated carbocycles. The number of hydrogen-bond donors (Lipinski definition) is 1. The van der Waals surface area contributed by atoms with Crippen LogP contribution in [0.2, 0.25) is 0 Å². The van der Waals surface area contributed by atoms with E-state index >= 15 is 0 Å². The summed E-state index contributed by atoms with van der Waals surface area (Å²) >= 11 is 1.27. The van der Waals surface area contributed by atoms with Gasteiger partial charge in [0.2, 0.25) is 0 Å². The lowest BCUT2D eigenvalue weighted by molar-refractivity contribution is 0.0699. The average molecular weight is 287 g/mol. The van der Waals surface area contributed by atoms with E-state index in [2.05, 4.69) is 4.90 Å². The minimum atomic E-state index is -0.853. The average Bonchev–Trinajstić information content (AvgIpc) is 2.84. The van der Waals surface area contributed by atoms with E-state index in [1.54, 1.807) is 14.2 Å². The standard InChI is InChI=1S/C13H21NO4S/c1-17-7-3-5-14(6-8-18-2)10-11-4-9-19-12(11)13(15)16/h4,9H,3,5-8,10H2,1-2H3,(H,15,16). The van der Waals surface area contributed by atoms with Crippen molar-refractivity contribution in [3.8, 4) is 0 Å². The zero-order chi connectivity index (χ0) is 14.1. The van der Waals surface area contributed by atoms with Gasteiger partial charge < -0.3 is 14.6 Å². The van der Waals surface area contributed by atoms with E-state index in [0.717, 1.165) is 25.1 Å². The molecule has 1 rings (SSSR count). The maximum absolute atomic E-state index is 11.1. The highest BCUT2D eigenvalue weighted by atomic mass is 32.1. The van der Waals surface area contributed by atoms with Gasteiger partial charge in [0.05, 0.1) is 6.61 Å². The second kappa shape index (κ2) is 9.03. The zero-order valence-electron chi connectivity index (χ0n) is 11.4. The SMILES string of the molecule is COCCCN(CCOC)Cc1ccsc1C(=O)O. The Balaban J connectivity index is 2.58. The summed E-state index contributed by atoms with van der Waals surface area (Å²) in [6.45, 7) is 3.64. The summed E-state index contributed by atoms with van der Waals surface area (Å²) in [6, 6.07) is 1.88. The number of carboxylic acid groups (broad SMARTS) is 1. The lowest BCUT2D eigenvalue weighted by atomic mass is 10.2. The highest BCUT2D eigenvalue weighted by Gasteiger charge is 2.14. The monoisotopic (exact) mass is 287 g/mol. The van der Waals surface area contributed by atoms with Crippen LogP contribution >= 0.6 is 11.3 Å². The van der Waals surface area contributed by atoms with Crippen molar-refractivity contribution < 1.29 is 19.4 Å². The van der Waals surface area contributed by atoms with Crippen LogP contribution in [0.4, 0.5) is 0 Å². The fourth-order valence-corrected chi connectivity index (χ4v) is 2.56. The molecule has 1 aromatic rings. The molecule has 1 N–H and O–H groups in total. The second-order valence-corrected chi connectivity index (χ2v) is 5.11. The number of methoxy groups -OCH3 is 2. The van der Waals surface area contributed by atoms with Crippen LogP contribution in [0.1, 0.15) is 21.7 Å². The third kappa shape index (κ3) is 5.69. The molecule has 1 aromatic heterocycles. The van der Waals surface area contributed by atoms with E-state index in [1.165, 1.54) is 11.3 Å². The van der Waals surface area contributed by atoms with Crippen molar-refractivity contribution in [1.29, 1.82) is 0 Å². The Hall–Kier alpha value is -0.950. The van der Waals surface area contributed by atoms with Crippen LogP contribution in [0, 0.1) is 0 Å². The van der Waals surface area contributed by atoms with Crippen LogP contribution < -0.4 is 0 Å². The van der Waals surface area contributed by atoms with Gasteiger partial charge in [0, 0.05) is 40.5 Å². The lowest BCUT2D eigenvalue weighted by Crippen LogP contribution is -2.29. The van der Waals surface area contributed by atoms with Crippen molar-refractivity contribution in [1.82, 2.24) is 4.90 Å². The molecule has 0 aliphatic carbocycles. The molecule has 0 amide bonds. The summed E-state index contributed by atoms with van der Waals surface area (Å²) in [5, 5.41) is 10.9. The Morgan fingerprint density at radius 1 is 1.32 bits per heavy atom. The summed E-state index contributed by atoms with van der Waals surface area (Å²) in [7, 11) is 3.35. The first-order valence-corrected chi connectivity index (χ1v) is 7.07. The highest BCUT2D eigenvalue weighted by molar-refractivity contribution is 7.12. The molecule has 0 fully saturated rings. The topological polar surface area (TPSA) is 59.0 Å². The maximum Gasteiger partial charge on any atom is 0.346 e. The van der Waals surface area contributed by atoms with E-state index in [1.807, 2.05) is 11.4 Å². The molecule has 1 heterocycles. The third-order valence-electron chi connectivity index (χ3n) is 2.77. The van der Waals surface area contributed by atoms with E-state index in [0.29, 0.717) is 24.6 Å². The van der Waals surface area contributed by atoms with Gasteiger partial charge in [-0.05, 0) is 23.4 Å². The molecule has 19 heavy (non-hydrogen) atoms. The van der Waals surface area contributed by atoms with Crippen molar-refractivity contribution in [2.24, 2.45) is 0 Å². The molecular formula is C13H21NO4S. The quantitative estimate of drug-likeness (QED) is 0.666. The zero-order valence-corrected chi connectivity index (χ0v) is 12.2. The lowest BCUT2D eigenvalue weighted by Gasteiger charge is -2.21. The summed E-state index contributed by atoms with van der Waals surface area (Å²) < 4.78 is 10.1. The number of nitrogens with zero attached hydrogens (tertiary/aromatic N) is 1. The van der Waals surface area contributed by atoms with Gasteiger partial charge in [0.1, 0.15) is 4.88 Å². The van der Waals surface area contributed by atoms with E-state index in [9.17, 15) is 4.79 Å². The van der Waals surface area contributed by atoms with Crippen LogP contribution in [0.25, 0.3) is 0 Å². The van der Waals surface area contributed by atoms with Crippen molar-refractivity contribution in [3.63, 3.8) is 0 Å². The van der Waals surface area contributed by atoms with Gasteiger partial charge >= 0.3 is 5.97 Å². The van der Waals surface area contributed by atoms with E-state index < -0.39 is 5.97 Å². The molecule has 0 aliphatic rings.